The van der Waals surface area contributed by atoms with Gasteiger partial charge in [0, 0.05) is 11.1 Å². The summed E-state index contributed by atoms with van der Waals surface area (Å²) in [7, 11) is -9.56. The minimum atomic E-state index is -4.78. The van der Waals surface area contributed by atoms with Crippen LogP contribution in [0.15, 0.2) is 46.2 Å². The van der Waals surface area contributed by atoms with E-state index in [1.165, 1.54) is 0 Å². The first-order valence-corrected chi connectivity index (χ1v) is 9.22. The maximum Gasteiger partial charge on any atom is 1.00 e. The van der Waals surface area contributed by atoms with E-state index in [4.69, 9.17) is 0 Å². The number of carbonyl (C=O) groups is 2. The second-order valence-corrected chi connectivity index (χ2v) is 7.75. The number of carbonyl (C=O) groups excluding carboxylic acids is 2. The quantitative estimate of drug-likeness (QED) is 0.379. The minimum Gasteiger partial charge on any atom is -1.00 e. The van der Waals surface area contributed by atoms with Crippen LogP contribution in [0.4, 0.5) is 0 Å². The number of fused-ring (bicyclic) bond motifs is 2. The maximum absolute atomic E-state index is 12.6. The number of hydrogen-bond acceptors (Lipinski definition) is 6. The second-order valence-electron chi connectivity index (χ2n) is 4.97. The molecule has 0 bridgehead atoms. The largest absolute Gasteiger partial charge is 1.00 e. The van der Waals surface area contributed by atoms with Crippen LogP contribution < -0.4 is 29.6 Å². The van der Waals surface area contributed by atoms with E-state index in [1.807, 2.05) is 0 Å². The van der Waals surface area contributed by atoms with Crippen molar-refractivity contribution in [1.29, 1.82) is 0 Å². The van der Waals surface area contributed by atoms with Gasteiger partial charge in [-0.2, -0.15) is 16.8 Å². The molecule has 0 saturated carbocycles. The Morgan fingerprint density at radius 2 is 1.00 bits per heavy atom. The summed E-state index contributed by atoms with van der Waals surface area (Å²) in [6.07, 6.45) is 0. The topological polar surface area (TPSA) is 143 Å². The van der Waals surface area contributed by atoms with Crippen molar-refractivity contribution < 1.29 is 66.5 Å². The Morgan fingerprint density at radius 1 is 0.680 bits per heavy atom. The molecule has 0 fully saturated rings. The van der Waals surface area contributed by atoms with Gasteiger partial charge < -0.3 is 1.43 Å². The molecule has 3 rings (SSSR count). The Kier molecular flexibility index (Phi) is 5.10. The molecule has 2 aromatic carbocycles. The molecule has 0 aromatic heterocycles. The summed E-state index contributed by atoms with van der Waals surface area (Å²) in [5.74, 6) is -1.89. The van der Waals surface area contributed by atoms with Crippen molar-refractivity contribution in [2.24, 2.45) is 0 Å². The van der Waals surface area contributed by atoms with E-state index < -0.39 is 52.7 Å². The fraction of sp³-hybridized carbons (Fsp3) is 0. The van der Waals surface area contributed by atoms with Crippen molar-refractivity contribution in [2.45, 2.75) is 9.79 Å². The summed E-state index contributed by atoms with van der Waals surface area (Å²) in [6.45, 7) is 0. The molecule has 8 nitrogen and oxygen atoms in total. The third-order valence-corrected chi connectivity index (χ3v) is 5.34. The Labute approximate surface area is 166 Å². The standard InChI is InChI=1S/C14H8O8S2.Na.H/c15-13-7-3-1-5-9(23(17,18)19)11(7)14(16)8-4-2-6-10(12(8)13)24(20,21)22;;/h1-6H,(H,17,18,19)(H,20,21,22);;/q;+1;-1. The monoisotopic (exact) mass is 392 g/mol. The van der Waals surface area contributed by atoms with Gasteiger partial charge in [0.15, 0.2) is 11.6 Å². The predicted octanol–water partition coefficient (Wildman–Crippen LogP) is -1.93. The van der Waals surface area contributed by atoms with Crippen LogP contribution in [0.1, 0.15) is 33.3 Å². The molecule has 1 aliphatic carbocycles. The number of rotatable bonds is 2. The molecule has 0 saturated heterocycles. The molecule has 1 aliphatic rings. The average Bonchev–Trinajstić information content (AvgIpc) is 2.49. The number of ketones is 2. The van der Waals surface area contributed by atoms with Crippen LogP contribution in [0.2, 0.25) is 0 Å². The summed E-state index contributed by atoms with van der Waals surface area (Å²) in [6, 6.07) is 6.44. The summed E-state index contributed by atoms with van der Waals surface area (Å²) < 4.78 is 64.3. The van der Waals surface area contributed by atoms with Gasteiger partial charge >= 0.3 is 29.6 Å². The van der Waals surface area contributed by atoms with Crippen LogP contribution in [-0.2, 0) is 20.2 Å². The normalized spacial score (nSPS) is 13.7. The van der Waals surface area contributed by atoms with Crippen molar-refractivity contribution in [3.05, 3.63) is 58.7 Å². The van der Waals surface area contributed by atoms with Crippen molar-refractivity contribution in [1.82, 2.24) is 0 Å². The predicted molar refractivity (Wildman–Crippen MR) is 80.5 cm³/mol. The minimum absolute atomic E-state index is 0. The van der Waals surface area contributed by atoms with Gasteiger partial charge in [0.05, 0.1) is 11.1 Å². The van der Waals surface area contributed by atoms with E-state index >= 15 is 0 Å². The van der Waals surface area contributed by atoms with Gasteiger partial charge in [-0.15, -0.1) is 0 Å². The Balaban J connectivity index is 0.00000169. The first-order chi connectivity index (χ1) is 11.0. The van der Waals surface area contributed by atoms with E-state index in [0.29, 0.717) is 0 Å². The molecular formula is C14H9NaO8S2. The molecule has 0 atom stereocenters. The number of hydrogen-bond donors (Lipinski definition) is 2. The molecule has 0 amide bonds. The van der Waals surface area contributed by atoms with Gasteiger partial charge in [-0.1, -0.05) is 24.3 Å². The summed E-state index contributed by atoms with van der Waals surface area (Å²) in [5, 5.41) is 0. The molecule has 0 spiro atoms. The zero-order valence-electron chi connectivity index (χ0n) is 13.6. The van der Waals surface area contributed by atoms with E-state index in [9.17, 15) is 35.5 Å². The van der Waals surface area contributed by atoms with Crippen molar-refractivity contribution in [3.8, 4) is 0 Å². The van der Waals surface area contributed by atoms with Crippen LogP contribution in [0.5, 0.6) is 0 Å². The maximum atomic E-state index is 12.6. The summed E-state index contributed by atoms with van der Waals surface area (Å²) >= 11 is 0. The first kappa shape index (κ1) is 19.9. The molecule has 0 aliphatic heterocycles. The van der Waals surface area contributed by atoms with Crippen LogP contribution in [-0.4, -0.2) is 37.5 Å². The molecule has 11 heteroatoms. The smallest absolute Gasteiger partial charge is 1.00 e. The van der Waals surface area contributed by atoms with E-state index in [0.717, 1.165) is 36.4 Å². The fourth-order valence-corrected chi connectivity index (χ4v) is 4.03. The molecule has 0 heterocycles. The average molecular weight is 392 g/mol. The summed E-state index contributed by atoms with van der Waals surface area (Å²) in [5.41, 5.74) is -1.83. The van der Waals surface area contributed by atoms with Gasteiger partial charge in [0.1, 0.15) is 9.79 Å². The molecule has 126 valence electrons. The van der Waals surface area contributed by atoms with Gasteiger partial charge in [0.25, 0.3) is 20.2 Å². The SMILES string of the molecule is O=C1c2cccc(S(=O)(=O)O)c2C(=O)c2cccc(S(=O)(=O)O)c21.[H-].[Na+]. The van der Waals surface area contributed by atoms with Crippen molar-refractivity contribution >= 4 is 31.8 Å². The zero-order valence-corrected chi connectivity index (χ0v) is 16.3. The van der Waals surface area contributed by atoms with Crippen molar-refractivity contribution in [2.75, 3.05) is 0 Å². The van der Waals surface area contributed by atoms with Crippen LogP contribution in [0.25, 0.3) is 0 Å². The Hall–Kier alpha value is -1.40. The van der Waals surface area contributed by atoms with Gasteiger partial charge in [-0.05, 0) is 12.1 Å². The fourth-order valence-electron chi connectivity index (χ4n) is 2.61. The molecule has 2 N–H and O–H groups in total. The molecule has 0 radical (unpaired) electrons. The number of benzene rings is 2. The third-order valence-electron chi connectivity index (χ3n) is 3.55. The first-order valence-electron chi connectivity index (χ1n) is 6.34. The molecular weight excluding hydrogens is 383 g/mol. The second kappa shape index (κ2) is 6.40. The van der Waals surface area contributed by atoms with Gasteiger partial charge in [-0.25, -0.2) is 0 Å². The summed E-state index contributed by atoms with van der Waals surface area (Å²) in [4.78, 5) is 23.7. The zero-order chi connectivity index (χ0) is 17.9. The molecule has 0 unspecified atom stereocenters. The van der Waals surface area contributed by atoms with Gasteiger partial charge in [-0.3, -0.25) is 18.7 Å². The Bertz CT molecular complexity index is 1050. The Morgan fingerprint density at radius 3 is 1.28 bits per heavy atom. The third kappa shape index (κ3) is 3.22. The van der Waals surface area contributed by atoms with Crippen LogP contribution >= 0.6 is 0 Å². The van der Waals surface area contributed by atoms with Gasteiger partial charge in [0.2, 0.25) is 0 Å². The molecule has 2 aromatic rings. The van der Waals surface area contributed by atoms with Crippen molar-refractivity contribution in [3.63, 3.8) is 0 Å². The molecule has 25 heavy (non-hydrogen) atoms. The van der Waals surface area contributed by atoms with Crippen LogP contribution in [0.3, 0.4) is 0 Å². The van der Waals surface area contributed by atoms with E-state index in [-0.39, 0.29) is 42.1 Å². The van der Waals surface area contributed by atoms with E-state index in [1.54, 1.807) is 0 Å². The van der Waals surface area contributed by atoms with Crippen LogP contribution in [0, 0.1) is 0 Å². The van der Waals surface area contributed by atoms with E-state index in [2.05, 4.69) is 0 Å².